The van der Waals surface area contributed by atoms with Crippen molar-refractivity contribution in [1.29, 1.82) is 0 Å². The van der Waals surface area contributed by atoms with Gasteiger partial charge in [0.15, 0.2) is 6.29 Å². The molecule has 18 heavy (non-hydrogen) atoms. The van der Waals surface area contributed by atoms with Gasteiger partial charge in [0.1, 0.15) is 11.6 Å². The van der Waals surface area contributed by atoms with E-state index in [1.165, 1.54) is 13.2 Å². The highest BCUT2D eigenvalue weighted by atomic mass is 19.1. The first-order chi connectivity index (χ1) is 8.65. The third-order valence-corrected chi connectivity index (χ3v) is 2.80. The molecule has 0 saturated carbocycles. The largest absolute Gasteiger partial charge is 0.497 e. The first-order valence-electron chi connectivity index (χ1n) is 5.55. The molecule has 0 amide bonds. The van der Waals surface area contributed by atoms with Gasteiger partial charge in [0.2, 0.25) is 0 Å². The van der Waals surface area contributed by atoms with Gasteiger partial charge in [-0.25, -0.2) is 4.39 Å². The fourth-order valence-electron chi connectivity index (χ4n) is 1.85. The van der Waals surface area contributed by atoms with Crippen LogP contribution in [-0.4, -0.2) is 13.4 Å². The molecule has 0 aliphatic carbocycles. The number of halogens is 1. The lowest BCUT2D eigenvalue weighted by atomic mass is 9.98. The van der Waals surface area contributed by atoms with Gasteiger partial charge in [0, 0.05) is 17.2 Å². The maximum atomic E-state index is 14.0. The summed E-state index contributed by atoms with van der Waals surface area (Å²) in [6.07, 6.45) is 0.735. The Balaban J connectivity index is 2.61. The van der Waals surface area contributed by atoms with Crippen molar-refractivity contribution in [3.05, 3.63) is 53.3 Å². The van der Waals surface area contributed by atoms with Crippen molar-refractivity contribution in [2.75, 3.05) is 7.11 Å². The summed E-state index contributed by atoms with van der Waals surface area (Å²) in [6, 6.07) is 9.93. The Morgan fingerprint density at radius 3 is 2.50 bits per heavy atom. The topological polar surface area (TPSA) is 26.3 Å². The highest BCUT2D eigenvalue weighted by molar-refractivity contribution is 5.88. The summed E-state index contributed by atoms with van der Waals surface area (Å²) < 4.78 is 18.9. The van der Waals surface area contributed by atoms with E-state index in [0.717, 1.165) is 11.8 Å². The highest BCUT2D eigenvalue weighted by Crippen LogP contribution is 2.29. The minimum Gasteiger partial charge on any atom is -0.497 e. The fourth-order valence-corrected chi connectivity index (χ4v) is 1.85. The molecule has 0 atom stereocenters. The average Bonchev–Trinajstić information content (AvgIpc) is 2.38. The smallest absolute Gasteiger partial charge is 0.150 e. The Hall–Kier alpha value is -2.16. The van der Waals surface area contributed by atoms with Crippen LogP contribution in [0.1, 0.15) is 15.9 Å². The van der Waals surface area contributed by atoms with Gasteiger partial charge in [-0.3, -0.25) is 4.79 Å². The third-order valence-electron chi connectivity index (χ3n) is 2.80. The SMILES string of the molecule is COc1ccc(-c2cc(C)ccc2C=O)c(F)c1. The van der Waals surface area contributed by atoms with Crippen LogP contribution in [0.3, 0.4) is 0 Å². The molecule has 0 aromatic heterocycles. The van der Waals surface area contributed by atoms with Gasteiger partial charge in [-0.05, 0) is 24.6 Å². The molecule has 0 aliphatic rings. The zero-order chi connectivity index (χ0) is 13.1. The number of ether oxygens (including phenoxy) is 1. The molecule has 0 N–H and O–H groups in total. The van der Waals surface area contributed by atoms with E-state index in [9.17, 15) is 9.18 Å². The number of aldehydes is 1. The van der Waals surface area contributed by atoms with Crippen molar-refractivity contribution in [2.45, 2.75) is 6.92 Å². The molecule has 0 bridgehead atoms. The van der Waals surface area contributed by atoms with Crippen molar-refractivity contribution in [2.24, 2.45) is 0 Å². The molecule has 0 saturated heterocycles. The van der Waals surface area contributed by atoms with Crippen LogP contribution in [0.5, 0.6) is 5.75 Å². The first kappa shape index (κ1) is 12.3. The summed E-state index contributed by atoms with van der Waals surface area (Å²) in [5.74, 6) is 0.0552. The van der Waals surface area contributed by atoms with Gasteiger partial charge in [0.05, 0.1) is 7.11 Å². The number of carbonyl (C=O) groups excluding carboxylic acids is 1. The molecule has 2 rings (SSSR count). The van der Waals surface area contributed by atoms with E-state index >= 15 is 0 Å². The molecule has 92 valence electrons. The molecule has 2 aromatic rings. The molecule has 0 unspecified atom stereocenters. The molecule has 0 aliphatic heterocycles. The Bertz CT molecular complexity index is 591. The van der Waals surface area contributed by atoms with E-state index in [1.54, 1.807) is 24.3 Å². The van der Waals surface area contributed by atoms with Crippen molar-refractivity contribution in [3.8, 4) is 16.9 Å². The van der Waals surface area contributed by atoms with E-state index < -0.39 is 5.82 Å². The summed E-state index contributed by atoms with van der Waals surface area (Å²) in [6.45, 7) is 1.90. The average molecular weight is 244 g/mol. The van der Waals surface area contributed by atoms with Crippen LogP contribution in [0.2, 0.25) is 0 Å². The second kappa shape index (κ2) is 5.00. The number of benzene rings is 2. The number of hydrogen-bond acceptors (Lipinski definition) is 2. The van der Waals surface area contributed by atoms with Crippen LogP contribution in [0.25, 0.3) is 11.1 Å². The van der Waals surface area contributed by atoms with E-state index in [2.05, 4.69) is 0 Å². The van der Waals surface area contributed by atoms with Gasteiger partial charge in [-0.15, -0.1) is 0 Å². The molecule has 3 heteroatoms. The van der Waals surface area contributed by atoms with Crippen molar-refractivity contribution in [1.82, 2.24) is 0 Å². The quantitative estimate of drug-likeness (QED) is 0.771. The van der Waals surface area contributed by atoms with Gasteiger partial charge in [-0.2, -0.15) is 0 Å². The summed E-state index contributed by atoms with van der Waals surface area (Å²) in [5, 5.41) is 0. The Labute approximate surface area is 105 Å². The normalized spacial score (nSPS) is 10.2. The maximum absolute atomic E-state index is 14.0. The third kappa shape index (κ3) is 2.25. The Morgan fingerprint density at radius 1 is 1.11 bits per heavy atom. The fraction of sp³-hybridized carbons (Fsp3) is 0.133. The summed E-state index contributed by atoms with van der Waals surface area (Å²) >= 11 is 0. The monoisotopic (exact) mass is 244 g/mol. The molecule has 0 radical (unpaired) electrons. The maximum Gasteiger partial charge on any atom is 0.150 e. The van der Waals surface area contributed by atoms with E-state index in [1.807, 2.05) is 13.0 Å². The van der Waals surface area contributed by atoms with Gasteiger partial charge >= 0.3 is 0 Å². The lowest BCUT2D eigenvalue weighted by Gasteiger charge is -2.09. The zero-order valence-electron chi connectivity index (χ0n) is 10.2. The Kier molecular flexibility index (Phi) is 3.42. The second-order valence-electron chi connectivity index (χ2n) is 4.05. The van der Waals surface area contributed by atoms with E-state index in [-0.39, 0.29) is 0 Å². The van der Waals surface area contributed by atoms with Crippen LogP contribution < -0.4 is 4.74 Å². The van der Waals surface area contributed by atoms with Crippen LogP contribution in [0, 0.1) is 12.7 Å². The van der Waals surface area contributed by atoms with Crippen LogP contribution in [-0.2, 0) is 0 Å². The molecule has 2 aromatic carbocycles. The standard InChI is InChI=1S/C15H13FO2/c1-10-3-4-11(9-17)14(7-10)13-6-5-12(18-2)8-15(13)16/h3-9H,1-2H3. The van der Waals surface area contributed by atoms with Gasteiger partial charge in [-0.1, -0.05) is 23.8 Å². The number of carbonyl (C=O) groups is 1. The highest BCUT2D eigenvalue weighted by Gasteiger charge is 2.10. The summed E-state index contributed by atoms with van der Waals surface area (Å²) in [4.78, 5) is 11.0. The molecule has 2 nitrogen and oxygen atoms in total. The minimum atomic E-state index is -0.400. The molecular formula is C15H13FO2. The van der Waals surface area contributed by atoms with E-state index in [0.29, 0.717) is 22.4 Å². The Morgan fingerprint density at radius 2 is 1.89 bits per heavy atom. The van der Waals surface area contributed by atoms with Crippen LogP contribution in [0.15, 0.2) is 36.4 Å². The number of methoxy groups -OCH3 is 1. The zero-order valence-corrected chi connectivity index (χ0v) is 10.2. The number of hydrogen-bond donors (Lipinski definition) is 0. The second-order valence-corrected chi connectivity index (χ2v) is 4.05. The van der Waals surface area contributed by atoms with E-state index in [4.69, 9.17) is 4.74 Å². The van der Waals surface area contributed by atoms with Crippen molar-refractivity contribution >= 4 is 6.29 Å². The van der Waals surface area contributed by atoms with Crippen LogP contribution in [0.4, 0.5) is 4.39 Å². The lowest BCUT2D eigenvalue weighted by molar-refractivity contribution is 0.112. The summed E-state index contributed by atoms with van der Waals surface area (Å²) in [5.41, 5.74) is 2.46. The van der Waals surface area contributed by atoms with Gasteiger partial charge in [0.25, 0.3) is 0 Å². The molecule has 0 fully saturated rings. The minimum absolute atomic E-state index is 0.400. The number of aryl methyl sites for hydroxylation is 1. The predicted octanol–water partition coefficient (Wildman–Crippen LogP) is 3.62. The first-order valence-corrected chi connectivity index (χ1v) is 5.55. The predicted molar refractivity (Wildman–Crippen MR) is 68.5 cm³/mol. The summed E-state index contributed by atoms with van der Waals surface area (Å²) in [7, 11) is 1.48. The molecular weight excluding hydrogens is 231 g/mol. The van der Waals surface area contributed by atoms with Crippen molar-refractivity contribution < 1.29 is 13.9 Å². The van der Waals surface area contributed by atoms with Crippen LogP contribution >= 0.6 is 0 Å². The van der Waals surface area contributed by atoms with Crippen molar-refractivity contribution in [3.63, 3.8) is 0 Å². The molecule has 0 heterocycles. The molecule has 0 spiro atoms. The lowest BCUT2D eigenvalue weighted by Crippen LogP contribution is -1.93. The number of rotatable bonds is 3. The van der Waals surface area contributed by atoms with Gasteiger partial charge < -0.3 is 4.74 Å².